The number of fused-ring (bicyclic) bond motifs is 1. The number of hydrogen-bond acceptors (Lipinski definition) is 6. The van der Waals surface area contributed by atoms with Crippen LogP contribution in [0.3, 0.4) is 0 Å². The Morgan fingerprint density at radius 3 is 2.51 bits per heavy atom. The summed E-state index contributed by atoms with van der Waals surface area (Å²) in [6, 6.07) is 9.63. The first-order chi connectivity index (χ1) is 17.4. The lowest BCUT2D eigenvalue weighted by Crippen LogP contribution is -2.64. The highest BCUT2D eigenvalue weighted by molar-refractivity contribution is 5.92. The van der Waals surface area contributed by atoms with Crippen molar-refractivity contribution >= 4 is 17.7 Å². The standard InChI is InChI=1S/C30H37NO6/c1-15-11-20-13-22-25(33)17(3)16(2)24-23(12-19-9-7-6-8-10-19)31-28(35)30(22,24)27(37-18(4)32)21(20)14-29(5,36)26(15)34/h6-10,14-16,20,22-25,27,33,36H,3,11-13H2,1-2,4-5H3,(H,31,35)/t15-,16+,20-,22-,23+,24-,25-,27-,29+,30+/m1/s1. The molecule has 2 saturated carbocycles. The van der Waals surface area contributed by atoms with Gasteiger partial charge in [-0.2, -0.15) is 0 Å². The maximum atomic E-state index is 14.2. The molecule has 1 aliphatic heterocycles. The fourth-order valence-electron chi connectivity index (χ4n) is 8.04. The number of amides is 1. The van der Waals surface area contributed by atoms with E-state index in [2.05, 4.69) is 11.9 Å². The van der Waals surface area contributed by atoms with E-state index < -0.39 is 41.0 Å². The highest BCUT2D eigenvalue weighted by Gasteiger charge is 2.72. The van der Waals surface area contributed by atoms with E-state index in [1.165, 1.54) is 19.9 Å². The van der Waals surface area contributed by atoms with Crippen LogP contribution in [0.1, 0.15) is 46.1 Å². The van der Waals surface area contributed by atoms with Crippen molar-refractivity contribution in [3.63, 3.8) is 0 Å². The molecule has 1 heterocycles. The monoisotopic (exact) mass is 507 g/mol. The zero-order chi connectivity index (χ0) is 26.9. The van der Waals surface area contributed by atoms with Crippen LogP contribution >= 0.6 is 0 Å². The fraction of sp³-hybridized carbons (Fsp3) is 0.567. The van der Waals surface area contributed by atoms with Gasteiger partial charge in [-0.25, -0.2) is 0 Å². The number of carbonyl (C=O) groups excluding carboxylic acids is 3. The number of ketones is 1. The number of benzene rings is 1. The number of Topliss-reactive ketones (excluding diaryl/α,β-unsaturated/α-hetero) is 1. The topological polar surface area (TPSA) is 113 Å². The molecule has 37 heavy (non-hydrogen) atoms. The van der Waals surface area contributed by atoms with Crippen molar-refractivity contribution in [2.45, 2.75) is 70.8 Å². The Balaban J connectivity index is 1.71. The summed E-state index contributed by atoms with van der Waals surface area (Å²) in [6.07, 6.45) is 1.03. The number of nitrogens with one attached hydrogen (secondary N) is 1. The molecule has 1 amide bonds. The molecule has 7 heteroatoms. The molecule has 5 rings (SSSR count). The van der Waals surface area contributed by atoms with Crippen LogP contribution in [-0.2, 0) is 25.5 Å². The molecular formula is C30H37NO6. The van der Waals surface area contributed by atoms with E-state index in [4.69, 9.17) is 4.74 Å². The highest BCUT2D eigenvalue weighted by atomic mass is 16.5. The van der Waals surface area contributed by atoms with Gasteiger partial charge in [-0.05, 0) is 60.8 Å². The Bertz CT molecular complexity index is 1170. The van der Waals surface area contributed by atoms with Crippen LogP contribution in [0.5, 0.6) is 0 Å². The van der Waals surface area contributed by atoms with Crippen LogP contribution in [-0.4, -0.2) is 51.7 Å². The maximum Gasteiger partial charge on any atom is 0.303 e. The molecule has 0 unspecified atom stereocenters. The summed E-state index contributed by atoms with van der Waals surface area (Å²) in [5, 5.41) is 25.9. The number of aliphatic hydroxyl groups is 2. The average molecular weight is 508 g/mol. The number of rotatable bonds is 3. The summed E-state index contributed by atoms with van der Waals surface area (Å²) >= 11 is 0. The number of ether oxygens (including phenoxy) is 1. The van der Waals surface area contributed by atoms with Crippen LogP contribution in [0, 0.1) is 35.0 Å². The smallest absolute Gasteiger partial charge is 0.303 e. The van der Waals surface area contributed by atoms with Gasteiger partial charge in [-0.1, -0.05) is 50.8 Å². The maximum absolute atomic E-state index is 14.2. The molecule has 3 N–H and O–H groups in total. The van der Waals surface area contributed by atoms with E-state index in [0.29, 0.717) is 30.4 Å². The summed E-state index contributed by atoms with van der Waals surface area (Å²) in [4.78, 5) is 39.8. The molecule has 1 aromatic carbocycles. The number of esters is 1. The predicted molar refractivity (Wildman–Crippen MR) is 137 cm³/mol. The van der Waals surface area contributed by atoms with Crippen LogP contribution in [0.15, 0.2) is 54.1 Å². The lowest BCUT2D eigenvalue weighted by Gasteiger charge is -2.58. The van der Waals surface area contributed by atoms with Crippen molar-refractivity contribution in [1.82, 2.24) is 5.32 Å². The van der Waals surface area contributed by atoms with Crippen LogP contribution in [0.4, 0.5) is 0 Å². The van der Waals surface area contributed by atoms with Crippen LogP contribution in [0.25, 0.3) is 0 Å². The number of hydrogen-bond donors (Lipinski definition) is 3. The second kappa shape index (κ2) is 8.91. The van der Waals surface area contributed by atoms with Crippen LogP contribution < -0.4 is 5.32 Å². The minimum Gasteiger partial charge on any atom is -0.457 e. The Hall–Kier alpha value is -2.77. The van der Waals surface area contributed by atoms with E-state index in [1.54, 1.807) is 6.92 Å². The van der Waals surface area contributed by atoms with Crippen molar-refractivity contribution < 1.29 is 29.3 Å². The Labute approximate surface area is 218 Å². The first-order valence-corrected chi connectivity index (χ1v) is 13.3. The molecule has 1 aromatic rings. The molecule has 1 spiro atoms. The summed E-state index contributed by atoms with van der Waals surface area (Å²) in [6.45, 7) is 10.8. The largest absolute Gasteiger partial charge is 0.457 e. The quantitative estimate of drug-likeness (QED) is 0.428. The van der Waals surface area contributed by atoms with Crippen molar-refractivity contribution in [1.29, 1.82) is 0 Å². The van der Waals surface area contributed by atoms with Gasteiger partial charge in [-0.15, -0.1) is 0 Å². The van der Waals surface area contributed by atoms with Crippen molar-refractivity contribution in [2.24, 2.45) is 35.0 Å². The lowest BCUT2D eigenvalue weighted by atomic mass is 9.46. The minimum absolute atomic E-state index is 0.231. The Morgan fingerprint density at radius 2 is 1.86 bits per heavy atom. The van der Waals surface area contributed by atoms with Crippen molar-refractivity contribution in [3.8, 4) is 0 Å². The normalized spacial score (nSPS) is 43.1. The number of aliphatic hydroxyl groups excluding tert-OH is 1. The third-order valence-corrected chi connectivity index (χ3v) is 9.55. The first-order valence-electron chi connectivity index (χ1n) is 13.3. The van der Waals surface area contributed by atoms with Gasteiger partial charge in [0.1, 0.15) is 17.1 Å². The summed E-state index contributed by atoms with van der Waals surface area (Å²) in [5.41, 5.74) is -0.637. The Morgan fingerprint density at radius 1 is 1.19 bits per heavy atom. The molecule has 0 bridgehead atoms. The molecule has 0 radical (unpaired) electrons. The highest BCUT2D eigenvalue weighted by Crippen LogP contribution is 2.64. The zero-order valence-corrected chi connectivity index (χ0v) is 21.9. The molecular weight excluding hydrogens is 470 g/mol. The zero-order valence-electron chi connectivity index (χ0n) is 21.9. The first kappa shape index (κ1) is 25.9. The molecule has 3 fully saturated rings. The van der Waals surface area contributed by atoms with E-state index >= 15 is 0 Å². The van der Waals surface area contributed by atoms with Gasteiger partial charge in [0, 0.05) is 30.7 Å². The summed E-state index contributed by atoms with van der Waals surface area (Å²) < 4.78 is 6.02. The second-order valence-electron chi connectivity index (χ2n) is 11.9. The predicted octanol–water partition coefficient (Wildman–Crippen LogP) is 2.75. The fourth-order valence-corrected chi connectivity index (χ4v) is 8.04. The van der Waals surface area contributed by atoms with Gasteiger partial charge in [0.05, 0.1) is 6.10 Å². The lowest BCUT2D eigenvalue weighted by molar-refractivity contribution is -0.179. The van der Waals surface area contributed by atoms with Crippen LogP contribution in [0.2, 0.25) is 0 Å². The molecule has 198 valence electrons. The molecule has 1 saturated heterocycles. The Kier molecular flexibility index (Phi) is 6.23. The van der Waals surface area contributed by atoms with Crippen molar-refractivity contribution in [3.05, 3.63) is 59.7 Å². The van der Waals surface area contributed by atoms with Gasteiger partial charge in [0.25, 0.3) is 0 Å². The third kappa shape index (κ3) is 3.81. The van der Waals surface area contributed by atoms with Gasteiger partial charge in [0.2, 0.25) is 5.91 Å². The molecule has 10 atom stereocenters. The third-order valence-electron chi connectivity index (χ3n) is 9.55. The number of carbonyl (C=O) groups is 3. The summed E-state index contributed by atoms with van der Waals surface area (Å²) in [5.74, 6) is -2.85. The van der Waals surface area contributed by atoms with E-state index in [9.17, 15) is 24.6 Å². The molecule has 4 aliphatic rings. The molecule has 0 aromatic heterocycles. The van der Waals surface area contributed by atoms with E-state index in [1.807, 2.05) is 37.3 Å². The summed E-state index contributed by atoms with van der Waals surface area (Å²) in [7, 11) is 0. The minimum atomic E-state index is -1.75. The SMILES string of the molecule is C=C1[C@@H](O)[C@H]2C[C@H]3C[C@@H](C)C(=O)[C@@](C)(O)C=C3[C@@H](OC(C)=O)[C@]23C(=O)N[C@@H](Cc2ccccc2)[C@H]3[C@H]1C. The van der Waals surface area contributed by atoms with Gasteiger partial charge in [-0.3, -0.25) is 14.4 Å². The molecule has 3 aliphatic carbocycles. The van der Waals surface area contributed by atoms with E-state index in [-0.39, 0.29) is 35.5 Å². The molecule has 7 nitrogen and oxygen atoms in total. The van der Waals surface area contributed by atoms with Gasteiger partial charge < -0.3 is 20.3 Å². The average Bonchev–Trinajstić information content (AvgIpc) is 3.08. The van der Waals surface area contributed by atoms with Gasteiger partial charge in [0.15, 0.2) is 5.78 Å². The van der Waals surface area contributed by atoms with Crippen molar-refractivity contribution in [2.75, 3.05) is 0 Å². The van der Waals surface area contributed by atoms with E-state index in [0.717, 1.165) is 5.56 Å². The second-order valence-corrected chi connectivity index (χ2v) is 11.9. The van der Waals surface area contributed by atoms with Gasteiger partial charge >= 0.3 is 5.97 Å².